The van der Waals surface area contributed by atoms with E-state index in [1.807, 2.05) is 43.0 Å². The van der Waals surface area contributed by atoms with Crippen molar-refractivity contribution in [3.05, 3.63) is 57.6 Å². The molecule has 7 heteroatoms. The van der Waals surface area contributed by atoms with E-state index in [-0.39, 0.29) is 5.91 Å². The molecular weight excluding hydrogens is 462 g/mol. The highest BCUT2D eigenvalue weighted by atomic mass is 79.9. The van der Waals surface area contributed by atoms with Crippen molar-refractivity contribution in [3.63, 3.8) is 0 Å². The molecule has 1 aliphatic rings. The van der Waals surface area contributed by atoms with Crippen molar-refractivity contribution in [1.29, 1.82) is 0 Å². The van der Waals surface area contributed by atoms with E-state index in [4.69, 9.17) is 9.72 Å². The third-order valence-corrected chi connectivity index (χ3v) is 6.92. The van der Waals surface area contributed by atoms with Crippen LogP contribution >= 0.6 is 27.3 Å². The number of aryl methyl sites for hydroxylation is 2. The third kappa shape index (κ3) is 4.91. The minimum absolute atomic E-state index is 0.0209. The average Bonchev–Trinajstić information content (AvgIpc) is 3.14. The molecule has 2 heterocycles. The summed E-state index contributed by atoms with van der Waals surface area (Å²) >= 11 is 5.10. The standard InChI is InChI=1S/C23H26BrN3O2S/c1-16-4-6-19(17(2)14-16)22(28)27(9-3-8-26-10-12-29-13-11-26)23-25-20-7-5-18(24)15-21(20)30-23/h4-7,14-15H,3,8-13H2,1-2H3. The number of fused-ring (bicyclic) bond motifs is 1. The molecule has 3 aromatic rings. The molecule has 1 amide bonds. The van der Waals surface area contributed by atoms with E-state index in [9.17, 15) is 4.79 Å². The Morgan fingerprint density at radius 2 is 2.00 bits per heavy atom. The first-order chi connectivity index (χ1) is 14.5. The molecular formula is C23H26BrN3O2S. The number of hydrogen-bond donors (Lipinski definition) is 0. The number of hydrogen-bond acceptors (Lipinski definition) is 5. The molecule has 0 spiro atoms. The van der Waals surface area contributed by atoms with Gasteiger partial charge in [-0.15, -0.1) is 0 Å². The van der Waals surface area contributed by atoms with Crippen molar-refractivity contribution in [1.82, 2.24) is 9.88 Å². The van der Waals surface area contributed by atoms with Crippen LogP contribution in [0.4, 0.5) is 5.13 Å². The van der Waals surface area contributed by atoms with Gasteiger partial charge in [-0.3, -0.25) is 14.6 Å². The van der Waals surface area contributed by atoms with Gasteiger partial charge in [-0.1, -0.05) is 45.0 Å². The number of nitrogens with zero attached hydrogens (tertiary/aromatic N) is 3. The lowest BCUT2D eigenvalue weighted by Crippen LogP contribution is -2.39. The maximum Gasteiger partial charge on any atom is 0.260 e. The summed E-state index contributed by atoms with van der Waals surface area (Å²) in [7, 11) is 0. The largest absolute Gasteiger partial charge is 0.379 e. The lowest BCUT2D eigenvalue weighted by molar-refractivity contribution is 0.0376. The van der Waals surface area contributed by atoms with E-state index in [1.165, 1.54) is 0 Å². The van der Waals surface area contributed by atoms with Crippen LogP contribution in [0.2, 0.25) is 0 Å². The molecule has 1 aliphatic heterocycles. The molecule has 4 rings (SSSR count). The first-order valence-electron chi connectivity index (χ1n) is 10.3. The summed E-state index contributed by atoms with van der Waals surface area (Å²) in [5.41, 5.74) is 3.83. The molecule has 5 nitrogen and oxygen atoms in total. The highest BCUT2D eigenvalue weighted by Gasteiger charge is 2.23. The smallest absolute Gasteiger partial charge is 0.260 e. The monoisotopic (exact) mass is 487 g/mol. The molecule has 2 aromatic carbocycles. The second kappa shape index (κ2) is 9.56. The molecule has 0 radical (unpaired) electrons. The lowest BCUT2D eigenvalue weighted by Gasteiger charge is -2.28. The summed E-state index contributed by atoms with van der Waals surface area (Å²) < 4.78 is 7.53. The van der Waals surface area contributed by atoms with Crippen molar-refractivity contribution in [2.24, 2.45) is 0 Å². The SMILES string of the molecule is Cc1ccc(C(=O)N(CCCN2CCOCC2)c2nc3ccc(Br)cc3s2)c(C)c1. The van der Waals surface area contributed by atoms with Gasteiger partial charge >= 0.3 is 0 Å². The van der Waals surface area contributed by atoms with Crippen LogP contribution in [0.25, 0.3) is 10.2 Å². The van der Waals surface area contributed by atoms with E-state index in [0.717, 1.165) is 75.8 Å². The zero-order valence-corrected chi connectivity index (χ0v) is 19.8. The molecule has 0 saturated carbocycles. The fraction of sp³-hybridized carbons (Fsp3) is 0.391. The molecule has 1 fully saturated rings. The van der Waals surface area contributed by atoms with E-state index < -0.39 is 0 Å². The Hall–Kier alpha value is -1.80. The van der Waals surface area contributed by atoms with Crippen LogP contribution in [0.15, 0.2) is 40.9 Å². The van der Waals surface area contributed by atoms with E-state index in [0.29, 0.717) is 6.54 Å². The Labute approximate surface area is 189 Å². The number of carbonyl (C=O) groups excluding carboxylic acids is 1. The molecule has 30 heavy (non-hydrogen) atoms. The first kappa shape index (κ1) is 21.4. The van der Waals surface area contributed by atoms with Crippen LogP contribution in [-0.2, 0) is 4.74 Å². The fourth-order valence-electron chi connectivity index (χ4n) is 3.76. The van der Waals surface area contributed by atoms with Crippen molar-refractivity contribution < 1.29 is 9.53 Å². The number of morpholine rings is 1. The summed E-state index contributed by atoms with van der Waals surface area (Å²) in [6, 6.07) is 12.0. The Morgan fingerprint density at radius 1 is 1.20 bits per heavy atom. The second-order valence-corrected chi connectivity index (χ2v) is 9.62. The van der Waals surface area contributed by atoms with Gasteiger partial charge in [0.1, 0.15) is 0 Å². The topological polar surface area (TPSA) is 45.7 Å². The number of ether oxygens (including phenoxy) is 1. The van der Waals surface area contributed by atoms with Crippen LogP contribution < -0.4 is 4.90 Å². The van der Waals surface area contributed by atoms with Gasteiger partial charge in [0.05, 0.1) is 23.4 Å². The number of aromatic nitrogens is 1. The zero-order chi connectivity index (χ0) is 21.1. The highest BCUT2D eigenvalue weighted by molar-refractivity contribution is 9.10. The molecule has 0 atom stereocenters. The minimum Gasteiger partial charge on any atom is -0.379 e. The van der Waals surface area contributed by atoms with Gasteiger partial charge < -0.3 is 4.74 Å². The molecule has 0 N–H and O–H groups in total. The summed E-state index contributed by atoms with van der Waals surface area (Å²) in [4.78, 5) is 22.6. The Kier molecular flexibility index (Phi) is 6.83. The van der Waals surface area contributed by atoms with Gasteiger partial charge in [0.2, 0.25) is 0 Å². The Morgan fingerprint density at radius 3 is 2.77 bits per heavy atom. The van der Waals surface area contributed by atoms with Gasteiger partial charge in [0.15, 0.2) is 5.13 Å². The maximum atomic E-state index is 13.6. The minimum atomic E-state index is 0.0209. The van der Waals surface area contributed by atoms with Crippen molar-refractivity contribution in [3.8, 4) is 0 Å². The average molecular weight is 488 g/mol. The van der Waals surface area contributed by atoms with Gasteiger partial charge in [0.25, 0.3) is 5.91 Å². The van der Waals surface area contributed by atoms with Crippen LogP contribution in [0.5, 0.6) is 0 Å². The summed E-state index contributed by atoms with van der Waals surface area (Å²) in [6.45, 7) is 9.14. The van der Waals surface area contributed by atoms with Crippen LogP contribution in [0.1, 0.15) is 27.9 Å². The van der Waals surface area contributed by atoms with Gasteiger partial charge in [-0.05, 0) is 50.1 Å². The normalized spacial score (nSPS) is 14.9. The van der Waals surface area contributed by atoms with E-state index >= 15 is 0 Å². The third-order valence-electron chi connectivity index (χ3n) is 5.39. The van der Waals surface area contributed by atoms with Crippen LogP contribution in [-0.4, -0.2) is 55.2 Å². The van der Waals surface area contributed by atoms with Crippen molar-refractivity contribution >= 4 is 48.5 Å². The van der Waals surface area contributed by atoms with Crippen molar-refractivity contribution in [2.75, 3.05) is 44.3 Å². The van der Waals surface area contributed by atoms with Gasteiger partial charge in [0, 0.05) is 36.2 Å². The number of rotatable bonds is 6. The van der Waals surface area contributed by atoms with E-state index in [2.05, 4.69) is 33.0 Å². The number of benzene rings is 2. The number of amides is 1. The van der Waals surface area contributed by atoms with E-state index in [1.54, 1.807) is 11.3 Å². The van der Waals surface area contributed by atoms with Crippen LogP contribution in [0, 0.1) is 13.8 Å². The molecule has 0 aliphatic carbocycles. The number of carbonyl (C=O) groups is 1. The Bertz CT molecular complexity index is 1050. The quantitative estimate of drug-likeness (QED) is 0.488. The number of anilines is 1. The molecule has 0 bridgehead atoms. The summed E-state index contributed by atoms with van der Waals surface area (Å²) in [5.74, 6) is 0.0209. The summed E-state index contributed by atoms with van der Waals surface area (Å²) in [6.07, 6.45) is 0.899. The molecule has 0 unspecified atom stereocenters. The zero-order valence-electron chi connectivity index (χ0n) is 17.4. The predicted octanol–water partition coefficient (Wildman–Crippen LogP) is 5.04. The second-order valence-electron chi connectivity index (χ2n) is 7.69. The molecule has 158 valence electrons. The fourth-order valence-corrected chi connectivity index (χ4v) is 5.30. The number of thiazole rings is 1. The lowest BCUT2D eigenvalue weighted by atomic mass is 10.0. The Balaban J connectivity index is 1.59. The highest BCUT2D eigenvalue weighted by Crippen LogP contribution is 2.32. The van der Waals surface area contributed by atoms with Crippen LogP contribution in [0.3, 0.4) is 0 Å². The maximum absolute atomic E-state index is 13.6. The number of halogens is 1. The van der Waals surface area contributed by atoms with Gasteiger partial charge in [-0.2, -0.15) is 0 Å². The van der Waals surface area contributed by atoms with Gasteiger partial charge in [-0.25, -0.2) is 4.98 Å². The first-order valence-corrected chi connectivity index (χ1v) is 11.9. The predicted molar refractivity (Wildman–Crippen MR) is 127 cm³/mol. The van der Waals surface area contributed by atoms with Crippen molar-refractivity contribution in [2.45, 2.75) is 20.3 Å². The summed E-state index contributed by atoms with van der Waals surface area (Å²) in [5, 5.41) is 0.759. The molecule has 1 saturated heterocycles. The molecule has 1 aromatic heterocycles.